The van der Waals surface area contributed by atoms with Crippen molar-refractivity contribution in [1.82, 2.24) is 4.90 Å². The van der Waals surface area contributed by atoms with Crippen molar-refractivity contribution in [3.8, 4) is 11.5 Å². The molecule has 22 heavy (non-hydrogen) atoms. The monoisotopic (exact) mass is 329 g/mol. The first-order valence-electron chi connectivity index (χ1n) is 6.67. The molecule has 2 aliphatic rings. The summed E-state index contributed by atoms with van der Waals surface area (Å²) >= 11 is 1.13. The van der Waals surface area contributed by atoms with Crippen molar-refractivity contribution in [2.75, 3.05) is 6.54 Å². The molecule has 5 nitrogen and oxygen atoms in total. The Balaban J connectivity index is 1.74. The molecule has 2 aliphatic heterocycles. The van der Waals surface area contributed by atoms with Gasteiger partial charge in [0.2, 0.25) is 5.91 Å². The Bertz CT molecular complexity index is 637. The molecule has 118 valence electrons. The van der Waals surface area contributed by atoms with Crippen LogP contribution in [0.3, 0.4) is 0 Å². The van der Waals surface area contributed by atoms with Crippen LogP contribution in [0.25, 0.3) is 0 Å². The van der Waals surface area contributed by atoms with Crippen LogP contribution in [0.5, 0.6) is 11.5 Å². The number of carbonyl (C=O) groups excluding carboxylic acids is 2. The van der Waals surface area contributed by atoms with Crippen molar-refractivity contribution in [2.24, 2.45) is 0 Å². The fourth-order valence-corrected chi connectivity index (χ4v) is 3.51. The number of carbonyl (C=O) groups is 2. The number of para-hydroxylation sites is 1. The second-order valence-electron chi connectivity index (χ2n) is 5.12. The third-order valence-electron chi connectivity index (χ3n) is 3.38. The van der Waals surface area contributed by atoms with Crippen molar-refractivity contribution < 1.29 is 27.8 Å². The molecule has 0 N–H and O–H groups in total. The number of alkyl halides is 2. The minimum Gasteiger partial charge on any atom is -0.395 e. The topological polar surface area (TPSA) is 55.8 Å². The molecule has 1 saturated heterocycles. The van der Waals surface area contributed by atoms with E-state index in [2.05, 4.69) is 9.47 Å². The lowest BCUT2D eigenvalue weighted by molar-refractivity contribution is -0.287. The molecule has 0 radical (unpaired) electrons. The van der Waals surface area contributed by atoms with Crippen LogP contribution in [-0.4, -0.2) is 34.0 Å². The van der Waals surface area contributed by atoms with Gasteiger partial charge in [-0.15, -0.1) is 8.78 Å². The molecule has 0 aliphatic carbocycles. The maximum Gasteiger partial charge on any atom is 0.586 e. The van der Waals surface area contributed by atoms with Crippen molar-refractivity contribution in [2.45, 2.75) is 31.4 Å². The molecule has 2 heterocycles. The molecule has 3 rings (SSSR count). The van der Waals surface area contributed by atoms with E-state index < -0.39 is 6.29 Å². The number of hydrogen-bond donors (Lipinski definition) is 0. The van der Waals surface area contributed by atoms with Gasteiger partial charge in [0.1, 0.15) is 0 Å². The van der Waals surface area contributed by atoms with E-state index in [1.165, 1.54) is 17.9 Å². The quantitative estimate of drug-likeness (QED) is 0.852. The minimum atomic E-state index is -3.68. The van der Waals surface area contributed by atoms with Crippen LogP contribution in [0.15, 0.2) is 18.2 Å². The third-order valence-corrected chi connectivity index (χ3v) is 4.36. The van der Waals surface area contributed by atoms with E-state index in [4.69, 9.17) is 0 Å². The van der Waals surface area contributed by atoms with Crippen LogP contribution in [0, 0.1) is 0 Å². The highest BCUT2D eigenvalue weighted by atomic mass is 32.2. The van der Waals surface area contributed by atoms with Crippen molar-refractivity contribution in [1.29, 1.82) is 0 Å². The lowest BCUT2D eigenvalue weighted by Gasteiger charge is -2.17. The summed E-state index contributed by atoms with van der Waals surface area (Å²) in [5, 5.41) is -0.142. The van der Waals surface area contributed by atoms with Crippen LogP contribution < -0.4 is 9.47 Å². The lowest BCUT2D eigenvalue weighted by atomic mass is 10.2. The summed E-state index contributed by atoms with van der Waals surface area (Å²) in [6.07, 6.45) is -3.41. The number of halogens is 2. The molecule has 1 amide bonds. The Morgan fingerprint density at radius 1 is 1.45 bits per heavy atom. The zero-order valence-corrected chi connectivity index (χ0v) is 12.5. The minimum absolute atomic E-state index is 0.0381. The predicted octanol–water partition coefficient (Wildman–Crippen LogP) is 2.39. The van der Waals surface area contributed by atoms with Crippen LogP contribution >= 0.6 is 11.8 Å². The summed E-state index contributed by atoms with van der Waals surface area (Å²) in [7, 11) is 0. The van der Waals surface area contributed by atoms with Crippen LogP contribution in [0.1, 0.15) is 18.9 Å². The molecule has 0 saturated carbocycles. The number of hydrogen-bond acceptors (Lipinski definition) is 5. The summed E-state index contributed by atoms with van der Waals surface area (Å²) in [5.74, 6) is -0.186. The number of likely N-dealkylation sites (tertiary alicyclic amines) is 1. The Morgan fingerprint density at radius 3 is 2.95 bits per heavy atom. The Kier molecular flexibility index (Phi) is 3.72. The van der Waals surface area contributed by atoms with E-state index >= 15 is 0 Å². The molecular formula is C14H13F2NO4S. The van der Waals surface area contributed by atoms with Gasteiger partial charge in [-0.3, -0.25) is 9.59 Å². The SMILES string of the molecule is CC(=O)SC1CC(=O)N(Cc2cccc3c2OC(F)(F)O3)C1. The molecule has 1 atom stereocenters. The Labute approximate surface area is 129 Å². The number of fused-ring (bicyclic) bond motifs is 1. The highest BCUT2D eigenvalue weighted by Crippen LogP contribution is 2.43. The summed E-state index contributed by atoms with van der Waals surface area (Å²) in [5.41, 5.74) is 0.455. The second kappa shape index (κ2) is 5.42. The molecular weight excluding hydrogens is 316 g/mol. The van der Waals surface area contributed by atoms with E-state index in [1.54, 1.807) is 12.1 Å². The maximum absolute atomic E-state index is 13.1. The van der Waals surface area contributed by atoms with Gasteiger partial charge < -0.3 is 14.4 Å². The number of thioether (sulfide) groups is 1. The first-order valence-corrected chi connectivity index (χ1v) is 7.55. The molecule has 0 spiro atoms. The van der Waals surface area contributed by atoms with Gasteiger partial charge in [-0.05, 0) is 6.07 Å². The van der Waals surface area contributed by atoms with Crippen molar-refractivity contribution in [3.63, 3.8) is 0 Å². The van der Waals surface area contributed by atoms with Gasteiger partial charge in [0.25, 0.3) is 0 Å². The summed E-state index contributed by atoms with van der Waals surface area (Å²) in [6, 6.07) is 4.57. The van der Waals surface area contributed by atoms with Gasteiger partial charge in [0, 0.05) is 37.2 Å². The van der Waals surface area contributed by atoms with Crippen LogP contribution in [0.4, 0.5) is 8.78 Å². The fraction of sp³-hybridized carbons (Fsp3) is 0.429. The zero-order chi connectivity index (χ0) is 15.9. The van der Waals surface area contributed by atoms with Crippen LogP contribution in [0.2, 0.25) is 0 Å². The molecule has 1 aromatic rings. The van der Waals surface area contributed by atoms with E-state index in [0.29, 0.717) is 12.1 Å². The number of amides is 1. The average molecular weight is 329 g/mol. The fourth-order valence-electron chi connectivity index (χ4n) is 2.56. The Morgan fingerprint density at radius 2 is 2.23 bits per heavy atom. The first kappa shape index (κ1) is 15.1. The molecule has 0 bridgehead atoms. The first-order chi connectivity index (χ1) is 10.3. The normalized spacial score (nSPS) is 22.2. The molecule has 1 fully saturated rings. The third kappa shape index (κ3) is 3.01. The second-order valence-corrected chi connectivity index (χ2v) is 6.60. The van der Waals surface area contributed by atoms with Gasteiger partial charge in [0.15, 0.2) is 16.6 Å². The summed E-state index contributed by atoms with van der Waals surface area (Å²) < 4.78 is 35.2. The number of nitrogens with zero attached hydrogens (tertiary/aromatic N) is 1. The molecule has 1 unspecified atom stereocenters. The smallest absolute Gasteiger partial charge is 0.395 e. The molecule has 0 aromatic heterocycles. The van der Waals surface area contributed by atoms with E-state index in [0.717, 1.165) is 11.8 Å². The highest BCUT2D eigenvalue weighted by molar-refractivity contribution is 8.14. The standard InChI is InChI=1S/C14H13F2NO4S/c1-8(18)22-10-5-12(19)17(7-10)6-9-3-2-4-11-13(9)21-14(15,16)20-11/h2-4,10H,5-7H2,1H3. The van der Waals surface area contributed by atoms with Gasteiger partial charge in [-0.2, -0.15) is 0 Å². The van der Waals surface area contributed by atoms with E-state index in [1.807, 2.05) is 0 Å². The maximum atomic E-state index is 13.1. The average Bonchev–Trinajstić information content (AvgIpc) is 2.88. The van der Waals surface area contributed by atoms with Gasteiger partial charge >= 0.3 is 6.29 Å². The number of benzene rings is 1. The van der Waals surface area contributed by atoms with E-state index in [9.17, 15) is 18.4 Å². The predicted molar refractivity (Wildman–Crippen MR) is 74.7 cm³/mol. The lowest BCUT2D eigenvalue weighted by Crippen LogP contribution is -2.27. The summed E-state index contributed by atoms with van der Waals surface area (Å²) in [6.45, 7) is 2.01. The van der Waals surface area contributed by atoms with Crippen LogP contribution in [-0.2, 0) is 16.1 Å². The zero-order valence-electron chi connectivity index (χ0n) is 11.7. The summed E-state index contributed by atoms with van der Waals surface area (Å²) in [4.78, 5) is 24.6. The number of rotatable bonds is 3. The van der Waals surface area contributed by atoms with Gasteiger partial charge in [0.05, 0.1) is 0 Å². The molecule has 8 heteroatoms. The van der Waals surface area contributed by atoms with Gasteiger partial charge in [-0.1, -0.05) is 23.9 Å². The largest absolute Gasteiger partial charge is 0.586 e. The van der Waals surface area contributed by atoms with E-state index in [-0.39, 0.29) is 40.7 Å². The number of ether oxygens (including phenoxy) is 2. The molecule has 1 aromatic carbocycles. The van der Waals surface area contributed by atoms with Gasteiger partial charge in [-0.25, -0.2) is 0 Å². The Hall–Kier alpha value is -1.83. The van der Waals surface area contributed by atoms with Crippen molar-refractivity contribution >= 4 is 22.8 Å². The highest BCUT2D eigenvalue weighted by Gasteiger charge is 2.44. The van der Waals surface area contributed by atoms with Crippen molar-refractivity contribution in [3.05, 3.63) is 23.8 Å².